The molecule has 0 bridgehead atoms. The Bertz CT molecular complexity index is 685. The maximum atomic E-state index is 10.2. The van der Waals surface area contributed by atoms with Crippen molar-refractivity contribution in [3.63, 3.8) is 0 Å². The Morgan fingerprint density at radius 1 is 0.606 bits per heavy atom. The van der Waals surface area contributed by atoms with Crippen molar-refractivity contribution in [1.82, 2.24) is 0 Å². The van der Waals surface area contributed by atoms with Crippen LogP contribution in [0, 0.1) is 11.8 Å². The third-order valence-electron chi connectivity index (χ3n) is 5.82. The Morgan fingerprint density at radius 2 is 0.909 bits per heavy atom. The van der Waals surface area contributed by atoms with Gasteiger partial charge >= 0.3 is 11.9 Å². The average Bonchev–Trinajstić information content (AvgIpc) is 3.56. The van der Waals surface area contributed by atoms with Gasteiger partial charge in [-0.05, 0) is 42.5 Å². The molecule has 0 atom stereocenters. The van der Waals surface area contributed by atoms with E-state index < -0.39 is 11.9 Å². The lowest BCUT2D eigenvalue weighted by molar-refractivity contribution is 0.0686. The van der Waals surface area contributed by atoms with E-state index in [1.165, 1.54) is 25.7 Å². The van der Waals surface area contributed by atoms with Gasteiger partial charge in [0.05, 0.1) is 11.1 Å². The molecule has 2 fully saturated rings. The van der Waals surface area contributed by atoms with E-state index in [1.54, 1.807) is 86.3 Å². The number of carboxylic acid groups (broad SMARTS) is 2. The summed E-state index contributed by atoms with van der Waals surface area (Å²) in [7, 11) is 0. The van der Waals surface area contributed by atoms with Gasteiger partial charge in [0.15, 0.2) is 0 Å². The molecule has 2 aliphatic rings. The van der Waals surface area contributed by atoms with Gasteiger partial charge in [-0.2, -0.15) is 0 Å². The van der Waals surface area contributed by atoms with Crippen LogP contribution >= 0.6 is 0 Å². The number of aliphatic hydroxyl groups excluding tert-OH is 2. The second-order valence-corrected chi connectivity index (χ2v) is 8.23. The first-order valence-corrected chi connectivity index (χ1v) is 11.8. The van der Waals surface area contributed by atoms with E-state index in [2.05, 4.69) is 0 Å². The number of benzene rings is 2. The summed E-state index contributed by atoms with van der Waals surface area (Å²) in [4.78, 5) is 20.4. The second-order valence-electron chi connectivity index (χ2n) is 8.23. The molecule has 6 heteroatoms. The summed E-state index contributed by atoms with van der Waals surface area (Å²) in [5.74, 6) is 0.552. The Morgan fingerprint density at radius 3 is 1.09 bits per heavy atom. The Kier molecular flexibility index (Phi) is 15.3. The molecular formula is C27H38O6. The predicted molar refractivity (Wildman–Crippen MR) is 130 cm³/mol. The smallest absolute Gasteiger partial charge is 0.335 e. The van der Waals surface area contributed by atoms with Crippen LogP contribution in [0.3, 0.4) is 0 Å². The highest BCUT2D eigenvalue weighted by Crippen LogP contribution is 2.39. The minimum absolute atomic E-state index is 0.0938. The summed E-state index contributed by atoms with van der Waals surface area (Å²) >= 11 is 0. The molecule has 2 aliphatic carbocycles. The molecule has 182 valence electrons. The molecule has 2 saturated carbocycles. The molecule has 0 saturated heterocycles. The van der Waals surface area contributed by atoms with Crippen LogP contribution in [0.1, 0.15) is 78.5 Å². The molecule has 4 N–H and O–H groups in total. The summed E-state index contributed by atoms with van der Waals surface area (Å²) in [6, 6.07) is 16.6. The lowest BCUT2D eigenvalue weighted by atomic mass is 9.90. The van der Waals surface area contributed by atoms with Crippen molar-refractivity contribution in [3.8, 4) is 0 Å². The number of aliphatic hydroxyl groups is 2. The molecule has 0 amide bonds. The molecule has 0 aromatic heterocycles. The van der Waals surface area contributed by atoms with Crippen LogP contribution in [0.15, 0.2) is 60.7 Å². The first kappa shape index (κ1) is 28.3. The van der Waals surface area contributed by atoms with E-state index in [0.29, 0.717) is 17.5 Å². The molecule has 2 aromatic carbocycles. The molecule has 0 unspecified atom stereocenters. The number of hydrogen-bond donors (Lipinski definition) is 4. The first-order chi connectivity index (χ1) is 16.0. The van der Waals surface area contributed by atoms with Gasteiger partial charge in [-0.25, -0.2) is 9.59 Å². The van der Waals surface area contributed by atoms with Crippen LogP contribution in [-0.2, 0) is 0 Å². The summed E-state index contributed by atoms with van der Waals surface area (Å²) < 4.78 is 0. The van der Waals surface area contributed by atoms with E-state index in [0.717, 1.165) is 11.8 Å². The Balaban J connectivity index is 0.000000226. The Hall–Kier alpha value is -2.70. The Labute approximate surface area is 196 Å². The number of aromatic carboxylic acids is 2. The highest BCUT2D eigenvalue weighted by Gasteiger charge is 2.26. The number of carboxylic acids is 2. The van der Waals surface area contributed by atoms with Crippen LogP contribution in [0.25, 0.3) is 0 Å². The lowest BCUT2D eigenvalue weighted by Gasteiger charge is -2.16. The number of rotatable bonds is 5. The molecule has 0 radical (unpaired) electrons. The van der Waals surface area contributed by atoms with Gasteiger partial charge in [0, 0.05) is 13.2 Å². The van der Waals surface area contributed by atoms with Gasteiger partial charge in [0.2, 0.25) is 0 Å². The number of hydrogen-bond acceptors (Lipinski definition) is 4. The van der Waals surface area contributed by atoms with Crippen molar-refractivity contribution < 1.29 is 30.0 Å². The third kappa shape index (κ3) is 12.8. The van der Waals surface area contributed by atoms with Crippen molar-refractivity contribution >= 4 is 11.9 Å². The van der Waals surface area contributed by atoms with Crippen LogP contribution in [-0.4, -0.2) is 45.6 Å². The third-order valence-corrected chi connectivity index (χ3v) is 5.82. The monoisotopic (exact) mass is 458 g/mol. The second kappa shape index (κ2) is 17.8. The van der Waals surface area contributed by atoms with E-state index in [-0.39, 0.29) is 13.2 Å². The van der Waals surface area contributed by atoms with Gasteiger partial charge in [0.1, 0.15) is 0 Å². The van der Waals surface area contributed by atoms with Crippen molar-refractivity contribution in [2.24, 2.45) is 11.8 Å². The summed E-state index contributed by atoms with van der Waals surface area (Å²) in [5, 5.41) is 32.6. The quantitative estimate of drug-likeness (QED) is 0.470. The van der Waals surface area contributed by atoms with Gasteiger partial charge in [-0.3, -0.25) is 0 Å². The maximum absolute atomic E-state index is 10.2. The molecule has 33 heavy (non-hydrogen) atoms. The molecule has 4 rings (SSSR count). The molecule has 2 aromatic rings. The minimum Gasteiger partial charge on any atom is -0.478 e. The molecule has 6 nitrogen and oxygen atoms in total. The van der Waals surface area contributed by atoms with Crippen molar-refractivity contribution in [3.05, 3.63) is 71.8 Å². The van der Waals surface area contributed by atoms with E-state index in [1.807, 2.05) is 0 Å². The zero-order valence-corrected chi connectivity index (χ0v) is 19.3. The minimum atomic E-state index is -0.879. The van der Waals surface area contributed by atoms with Crippen molar-refractivity contribution in [1.29, 1.82) is 0 Å². The van der Waals surface area contributed by atoms with E-state index in [4.69, 9.17) is 20.4 Å². The summed E-state index contributed by atoms with van der Waals surface area (Å²) in [5.41, 5.74) is 0.662. The highest BCUT2D eigenvalue weighted by atomic mass is 16.4. The van der Waals surface area contributed by atoms with Crippen LogP contribution < -0.4 is 0 Å². The largest absolute Gasteiger partial charge is 0.478 e. The van der Waals surface area contributed by atoms with Gasteiger partial charge in [-0.15, -0.1) is 0 Å². The fourth-order valence-corrected chi connectivity index (χ4v) is 4.09. The van der Waals surface area contributed by atoms with Gasteiger partial charge in [-0.1, -0.05) is 87.8 Å². The predicted octanol–water partition coefficient (Wildman–Crippen LogP) is 5.50. The fourth-order valence-electron chi connectivity index (χ4n) is 4.09. The molecule has 0 spiro atoms. The summed E-state index contributed by atoms with van der Waals surface area (Å²) in [6.45, 7) is 0.188. The zero-order valence-electron chi connectivity index (χ0n) is 19.3. The zero-order chi connectivity index (χ0) is 24.3. The number of carbonyl (C=O) groups is 2. The molecule has 0 aliphatic heterocycles. The van der Waals surface area contributed by atoms with Crippen LogP contribution in [0.2, 0.25) is 0 Å². The van der Waals surface area contributed by atoms with Crippen molar-refractivity contribution in [2.45, 2.75) is 57.8 Å². The molecular weight excluding hydrogens is 420 g/mol. The van der Waals surface area contributed by atoms with E-state index >= 15 is 0 Å². The van der Waals surface area contributed by atoms with Crippen LogP contribution in [0.5, 0.6) is 0 Å². The first-order valence-electron chi connectivity index (χ1n) is 11.8. The van der Waals surface area contributed by atoms with Crippen molar-refractivity contribution in [2.75, 3.05) is 13.2 Å². The normalized spacial score (nSPS) is 15.2. The van der Waals surface area contributed by atoms with Gasteiger partial charge in [0.25, 0.3) is 0 Å². The van der Waals surface area contributed by atoms with E-state index in [9.17, 15) is 9.59 Å². The lowest BCUT2D eigenvalue weighted by Crippen LogP contribution is -2.06. The highest BCUT2D eigenvalue weighted by molar-refractivity contribution is 5.87. The van der Waals surface area contributed by atoms with Crippen LogP contribution in [0.4, 0.5) is 0 Å². The summed E-state index contributed by atoms with van der Waals surface area (Å²) in [6.07, 6.45) is 12.9. The van der Waals surface area contributed by atoms with Gasteiger partial charge < -0.3 is 20.4 Å². The fraction of sp³-hybridized carbons (Fsp3) is 0.481. The average molecular weight is 459 g/mol. The molecule has 0 heterocycles. The maximum Gasteiger partial charge on any atom is 0.335 e. The SMILES string of the molecule is C1CCC(C2CCCC2)C1.O=C(O)c1ccccc1.O=C(O)c1ccccc1.OCCCO. The standard InChI is InChI=1S/C10H18.2C7H6O2.C3H8O2/c1-2-6-9(5-1)10-7-3-4-8-10;2*8-7(9)6-4-2-1-3-5-6;4-2-1-3-5/h9-10H,1-8H2;2*1-5H,(H,8,9);4-5H,1-3H2. The topological polar surface area (TPSA) is 115 Å².